The standard InChI is InChI=1S/C22H27N3O5S/c1-2-17(18(26)13-16(21(23)30)8-10-20(28)29)25-19(27)9-5-14-3-6-15(7-4-14)22-24-11-12-31-22/h3-4,6-7,11-12,16-17H,2,5,8-10,13H2,1H3,(H2,23,30)(H,25,27)(H,28,29)/t16-,17+/m1/s1. The van der Waals surface area contributed by atoms with Gasteiger partial charge in [0, 0.05) is 42.3 Å². The molecule has 0 unspecified atom stereocenters. The van der Waals surface area contributed by atoms with Gasteiger partial charge in [0.1, 0.15) is 5.01 Å². The molecule has 9 heteroatoms. The van der Waals surface area contributed by atoms with E-state index >= 15 is 0 Å². The molecule has 0 aliphatic heterocycles. The van der Waals surface area contributed by atoms with Crippen LogP contribution in [0.15, 0.2) is 35.8 Å². The number of aliphatic carboxylic acids is 1. The second kappa shape index (κ2) is 11.9. The molecule has 1 heterocycles. The van der Waals surface area contributed by atoms with Crippen LogP contribution < -0.4 is 11.1 Å². The molecule has 0 saturated heterocycles. The molecule has 0 bridgehead atoms. The van der Waals surface area contributed by atoms with E-state index in [0.717, 1.165) is 16.1 Å². The summed E-state index contributed by atoms with van der Waals surface area (Å²) in [7, 11) is 0. The van der Waals surface area contributed by atoms with Crippen LogP contribution in [0.3, 0.4) is 0 Å². The number of carbonyl (C=O) groups excluding carboxylic acids is 3. The summed E-state index contributed by atoms with van der Waals surface area (Å²) in [5, 5.41) is 14.3. The number of carboxylic acids is 1. The van der Waals surface area contributed by atoms with Gasteiger partial charge >= 0.3 is 5.97 Å². The molecular formula is C22H27N3O5S. The zero-order valence-electron chi connectivity index (χ0n) is 17.4. The van der Waals surface area contributed by atoms with Crippen LogP contribution in [-0.4, -0.2) is 39.7 Å². The number of aromatic nitrogens is 1. The number of thiazole rings is 1. The van der Waals surface area contributed by atoms with Crippen LogP contribution in [0.4, 0.5) is 0 Å². The lowest BCUT2D eigenvalue weighted by Gasteiger charge is -2.19. The second-order valence-corrected chi connectivity index (χ2v) is 8.16. The number of rotatable bonds is 13. The van der Waals surface area contributed by atoms with E-state index in [0.29, 0.717) is 12.8 Å². The Labute approximate surface area is 184 Å². The first kappa shape index (κ1) is 24.2. The minimum absolute atomic E-state index is 0.00221. The quantitative estimate of drug-likeness (QED) is 0.433. The van der Waals surface area contributed by atoms with Crippen LogP contribution in [0.1, 0.15) is 44.6 Å². The molecule has 2 rings (SSSR count). The van der Waals surface area contributed by atoms with Crippen LogP contribution >= 0.6 is 11.3 Å². The summed E-state index contributed by atoms with van der Waals surface area (Å²) < 4.78 is 0. The molecule has 0 aliphatic carbocycles. The highest BCUT2D eigenvalue weighted by molar-refractivity contribution is 7.13. The van der Waals surface area contributed by atoms with E-state index in [4.69, 9.17) is 10.8 Å². The lowest BCUT2D eigenvalue weighted by molar-refractivity contribution is -0.138. The molecule has 0 radical (unpaired) electrons. The zero-order chi connectivity index (χ0) is 22.8. The minimum atomic E-state index is -1.06. The van der Waals surface area contributed by atoms with Gasteiger partial charge < -0.3 is 16.2 Å². The van der Waals surface area contributed by atoms with Gasteiger partial charge in [0.05, 0.1) is 6.04 Å². The van der Waals surface area contributed by atoms with Crippen molar-refractivity contribution >= 4 is 34.9 Å². The number of primary amides is 1. The average Bonchev–Trinajstić information content (AvgIpc) is 3.28. The number of benzene rings is 1. The van der Waals surface area contributed by atoms with Crippen molar-refractivity contribution < 1.29 is 24.3 Å². The summed E-state index contributed by atoms with van der Waals surface area (Å²) in [5.74, 6) is -3.20. The van der Waals surface area contributed by atoms with Crippen molar-refractivity contribution in [3.63, 3.8) is 0 Å². The van der Waals surface area contributed by atoms with E-state index in [1.807, 2.05) is 29.6 Å². The Bertz CT molecular complexity index is 896. The van der Waals surface area contributed by atoms with Gasteiger partial charge in [-0.15, -0.1) is 11.3 Å². The predicted molar refractivity (Wildman–Crippen MR) is 117 cm³/mol. The van der Waals surface area contributed by atoms with E-state index in [2.05, 4.69) is 10.3 Å². The third-order valence-electron chi connectivity index (χ3n) is 4.96. The van der Waals surface area contributed by atoms with Gasteiger partial charge in [0.2, 0.25) is 11.8 Å². The van der Waals surface area contributed by atoms with Crippen molar-refractivity contribution in [3.05, 3.63) is 41.4 Å². The first-order chi connectivity index (χ1) is 14.8. The van der Waals surface area contributed by atoms with Gasteiger partial charge in [-0.25, -0.2) is 4.98 Å². The molecule has 0 aliphatic rings. The SMILES string of the molecule is CC[C@H](NC(=O)CCc1ccc(-c2nccs2)cc1)C(=O)C[C@@H](CCC(=O)O)C(N)=O. The highest BCUT2D eigenvalue weighted by Crippen LogP contribution is 2.22. The lowest BCUT2D eigenvalue weighted by Crippen LogP contribution is -2.42. The first-order valence-corrected chi connectivity index (χ1v) is 11.0. The van der Waals surface area contributed by atoms with Crippen molar-refractivity contribution in [2.45, 2.75) is 51.5 Å². The molecule has 166 valence electrons. The maximum Gasteiger partial charge on any atom is 0.303 e. The summed E-state index contributed by atoms with van der Waals surface area (Å²) in [5.41, 5.74) is 7.31. The number of ketones is 1. The number of hydrogen-bond acceptors (Lipinski definition) is 6. The van der Waals surface area contributed by atoms with Crippen LogP contribution in [0, 0.1) is 5.92 Å². The van der Waals surface area contributed by atoms with Gasteiger partial charge in [-0.2, -0.15) is 0 Å². The maximum atomic E-state index is 12.5. The van der Waals surface area contributed by atoms with E-state index in [1.54, 1.807) is 24.5 Å². The number of hydrogen-bond donors (Lipinski definition) is 3. The van der Waals surface area contributed by atoms with Gasteiger partial charge in [-0.3, -0.25) is 19.2 Å². The Morgan fingerprint density at radius 3 is 2.42 bits per heavy atom. The molecule has 0 fully saturated rings. The largest absolute Gasteiger partial charge is 0.481 e. The summed E-state index contributed by atoms with van der Waals surface area (Å²) in [6.07, 6.45) is 2.44. The molecule has 0 spiro atoms. The van der Waals surface area contributed by atoms with Gasteiger partial charge in [0.15, 0.2) is 5.78 Å². The molecule has 2 amide bonds. The normalized spacial score (nSPS) is 12.7. The molecule has 8 nitrogen and oxygen atoms in total. The number of aryl methyl sites for hydroxylation is 1. The Morgan fingerprint density at radius 1 is 1.16 bits per heavy atom. The fourth-order valence-corrected chi connectivity index (χ4v) is 3.79. The van der Waals surface area contributed by atoms with Crippen molar-refractivity contribution in [1.29, 1.82) is 0 Å². The molecule has 2 atom stereocenters. The van der Waals surface area contributed by atoms with Crippen molar-refractivity contribution in [2.75, 3.05) is 0 Å². The number of nitrogens with zero attached hydrogens (tertiary/aromatic N) is 1. The third-order valence-corrected chi connectivity index (χ3v) is 5.78. The van der Waals surface area contributed by atoms with Crippen LogP contribution in [-0.2, 0) is 25.6 Å². The zero-order valence-corrected chi connectivity index (χ0v) is 18.2. The predicted octanol–water partition coefficient (Wildman–Crippen LogP) is 2.56. The topological polar surface area (TPSA) is 139 Å². The lowest BCUT2D eigenvalue weighted by atomic mass is 9.92. The Hall–Kier alpha value is -3.07. The Morgan fingerprint density at radius 2 is 1.87 bits per heavy atom. The number of nitrogens with one attached hydrogen (secondary N) is 1. The molecule has 4 N–H and O–H groups in total. The van der Waals surface area contributed by atoms with Gasteiger partial charge in [-0.05, 0) is 24.8 Å². The summed E-state index contributed by atoms with van der Waals surface area (Å²) >= 11 is 1.56. The highest BCUT2D eigenvalue weighted by Gasteiger charge is 2.25. The number of carbonyl (C=O) groups is 4. The molecule has 31 heavy (non-hydrogen) atoms. The number of nitrogens with two attached hydrogens (primary N) is 1. The maximum absolute atomic E-state index is 12.5. The fraction of sp³-hybridized carbons (Fsp3) is 0.409. The van der Waals surface area contributed by atoms with E-state index in [1.165, 1.54) is 0 Å². The number of amides is 2. The summed E-state index contributed by atoms with van der Waals surface area (Å²) in [6, 6.07) is 7.10. The molecule has 0 saturated carbocycles. The fourth-order valence-electron chi connectivity index (χ4n) is 3.14. The minimum Gasteiger partial charge on any atom is -0.481 e. The molecule has 1 aromatic carbocycles. The Kier molecular flexibility index (Phi) is 9.33. The van der Waals surface area contributed by atoms with E-state index in [9.17, 15) is 19.2 Å². The van der Waals surface area contributed by atoms with E-state index in [-0.39, 0.29) is 37.4 Å². The van der Waals surface area contributed by atoms with E-state index < -0.39 is 23.8 Å². The van der Waals surface area contributed by atoms with Gasteiger partial charge in [-0.1, -0.05) is 31.2 Å². The average molecular weight is 446 g/mol. The van der Waals surface area contributed by atoms with Crippen LogP contribution in [0.25, 0.3) is 10.6 Å². The molecular weight excluding hydrogens is 418 g/mol. The van der Waals surface area contributed by atoms with Crippen LogP contribution in [0.5, 0.6) is 0 Å². The van der Waals surface area contributed by atoms with Gasteiger partial charge in [0.25, 0.3) is 0 Å². The summed E-state index contributed by atoms with van der Waals surface area (Å²) in [4.78, 5) is 51.4. The number of carboxylic acid groups (broad SMARTS) is 1. The first-order valence-electron chi connectivity index (χ1n) is 10.1. The van der Waals surface area contributed by atoms with Crippen molar-refractivity contribution in [3.8, 4) is 10.6 Å². The monoisotopic (exact) mass is 445 g/mol. The van der Waals surface area contributed by atoms with Crippen LogP contribution in [0.2, 0.25) is 0 Å². The molecule has 2 aromatic rings. The summed E-state index contributed by atoms with van der Waals surface area (Å²) in [6.45, 7) is 1.76. The second-order valence-electron chi connectivity index (χ2n) is 7.26. The highest BCUT2D eigenvalue weighted by atomic mass is 32.1. The third kappa shape index (κ3) is 7.93. The van der Waals surface area contributed by atoms with Crippen molar-refractivity contribution in [1.82, 2.24) is 10.3 Å². The Balaban J connectivity index is 1.85. The number of Topliss-reactive ketones (excluding diaryl/α,β-unsaturated/α-hetero) is 1. The van der Waals surface area contributed by atoms with Crippen molar-refractivity contribution in [2.24, 2.45) is 11.7 Å². The smallest absolute Gasteiger partial charge is 0.303 e. The molecule has 1 aromatic heterocycles.